The third-order valence-corrected chi connectivity index (χ3v) is 6.96. The molecule has 0 aliphatic rings. The average molecular weight is 548 g/mol. The van der Waals surface area contributed by atoms with Crippen molar-refractivity contribution in [2.24, 2.45) is 5.10 Å². The zero-order chi connectivity index (χ0) is 26.2. The second-order valence-corrected chi connectivity index (χ2v) is 10.0. The van der Waals surface area contributed by atoms with Crippen LogP contribution >= 0.6 is 35.0 Å². The summed E-state index contributed by atoms with van der Waals surface area (Å²) in [6, 6.07) is 29.1. The Bertz CT molecular complexity index is 1440. The van der Waals surface area contributed by atoms with Gasteiger partial charge in [-0.2, -0.15) is 5.10 Å². The summed E-state index contributed by atoms with van der Waals surface area (Å²) in [7, 11) is 0. The molecule has 0 saturated carbocycles. The van der Waals surface area contributed by atoms with Crippen LogP contribution in [0.2, 0.25) is 10.0 Å². The van der Waals surface area contributed by atoms with Gasteiger partial charge in [0.2, 0.25) is 0 Å². The topological polar surface area (TPSA) is 70.6 Å². The number of rotatable bonds is 8. The third-order valence-electron chi connectivity index (χ3n) is 5.39. The molecule has 0 aliphatic carbocycles. The Hall–Kier alpha value is -3.58. The molecule has 0 fully saturated rings. The van der Waals surface area contributed by atoms with Crippen LogP contribution < -0.4 is 10.7 Å². The van der Waals surface area contributed by atoms with Gasteiger partial charge in [-0.05, 0) is 84.8 Å². The van der Waals surface area contributed by atoms with Gasteiger partial charge < -0.3 is 5.32 Å². The van der Waals surface area contributed by atoms with E-state index in [0.717, 1.165) is 21.8 Å². The van der Waals surface area contributed by atoms with Gasteiger partial charge in [0.1, 0.15) is 0 Å². The monoisotopic (exact) mass is 547 g/mol. The van der Waals surface area contributed by atoms with Crippen molar-refractivity contribution in [2.75, 3.05) is 5.32 Å². The number of nitrogens with zero attached hydrogens (tertiary/aromatic N) is 1. The molecule has 2 amide bonds. The number of halogens is 2. The molecule has 0 heterocycles. The summed E-state index contributed by atoms with van der Waals surface area (Å²) in [6.45, 7) is 1.79. The number of amides is 2. The molecule has 0 atom stereocenters. The minimum absolute atomic E-state index is 0.266. The van der Waals surface area contributed by atoms with E-state index in [1.54, 1.807) is 67.2 Å². The van der Waals surface area contributed by atoms with Crippen molar-refractivity contribution < 1.29 is 9.59 Å². The fraction of sp³-hybridized carbons (Fsp3) is 0.0690. The molecule has 0 bridgehead atoms. The molecule has 4 rings (SSSR count). The second kappa shape index (κ2) is 12.6. The fourth-order valence-electron chi connectivity index (χ4n) is 3.37. The largest absolute Gasteiger partial charge is 0.322 e. The molecule has 8 heteroatoms. The summed E-state index contributed by atoms with van der Waals surface area (Å²) in [5.41, 5.74) is 6.65. The molecule has 0 aliphatic heterocycles. The molecule has 4 aromatic rings. The van der Waals surface area contributed by atoms with E-state index in [4.69, 9.17) is 23.2 Å². The maximum Gasteiger partial charge on any atom is 0.271 e. The molecule has 186 valence electrons. The molecule has 0 saturated heterocycles. The molecule has 0 unspecified atom stereocenters. The Morgan fingerprint density at radius 3 is 2.19 bits per heavy atom. The van der Waals surface area contributed by atoms with Gasteiger partial charge in [0.05, 0.1) is 5.71 Å². The number of anilines is 1. The first-order valence-electron chi connectivity index (χ1n) is 11.4. The Balaban J connectivity index is 1.33. The minimum Gasteiger partial charge on any atom is -0.322 e. The molecule has 5 nitrogen and oxygen atoms in total. The maximum atomic E-state index is 12.6. The Morgan fingerprint density at radius 1 is 0.757 bits per heavy atom. The Morgan fingerprint density at radius 2 is 1.46 bits per heavy atom. The second-order valence-electron chi connectivity index (χ2n) is 8.12. The van der Waals surface area contributed by atoms with Gasteiger partial charge in [-0.15, -0.1) is 11.8 Å². The van der Waals surface area contributed by atoms with E-state index in [1.165, 1.54) is 0 Å². The smallest absolute Gasteiger partial charge is 0.271 e. The van der Waals surface area contributed by atoms with Gasteiger partial charge in [0.25, 0.3) is 11.8 Å². The number of thioether (sulfide) groups is 1. The summed E-state index contributed by atoms with van der Waals surface area (Å²) >= 11 is 13.6. The van der Waals surface area contributed by atoms with Crippen LogP contribution in [0.25, 0.3) is 0 Å². The zero-order valence-electron chi connectivity index (χ0n) is 19.9. The number of carbonyl (C=O) groups excluding carboxylic acids is 2. The molecule has 2 N–H and O–H groups in total. The van der Waals surface area contributed by atoms with Crippen molar-refractivity contribution >= 4 is 58.2 Å². The van der Waals surface area contributed by atoms with Crippen LogP contribution in [0.4, 0.5) is 5.69 Å². The van der Waals surface area contributed by atoms with E-state index in [9.17, 15) is 9.59 Å². The van der Waals surface area contributed by atoms with Crippen LogP contribution in [0.5, 0.6) is 0 Å². The minimum atomic E-state index is -0.304. The predicted octanol–water partition coefficient (Wildman–Crippen LogP) is 7.69. The van der Waals surface area contributed by atoms with Crippen LogP contribution in [-0.4, -0.2) is 17.5 Å². The summed E-state index contributed by atoms with van der Waals surface area (Å²) in [5, 5.41) is 8.30. The standard InChI is InChI=1S/C29H23Cl2N3O2S/c1-19(22-4-3-7-26(17-22)32-28(35)23-5-2-6-25(31)16-23)33-34-29(36)21-10-8-20(9-11-21)18-37-27-14-12-24(30)13-15-27/h2-17H,18H2,1H3,(H,32,35)(H,34,36)/b33-19+. The van der Waals surface area contributed by atoms with Crippen LogP contribution in [0, 0.1) is 0 Å². The lowest BCUT2D eigenvalue weighted by molar-refractivity contribution is 0.0954. The highest BCUT2D eigenvalue weighted by atomic mass is 35.5. The van der Waals surface area contributed by atoms with Crippen LogP contribution in [0.15, 0.2) is 107 Å². The molecular formula is C29H23Cl2N3O2S. The number of hydrogen-bond donors (Lipinski definition) is 2. The quantitative estimate of drug-likeness (QED) is 0.135. The first kappa shape index (κ1) is 26.5. The van der Waals surface area contributed by atoms with Crippen LogP contribution in [0.1, 0.15) is 38.8 Å². The first-order chi connectivity index (χ1) is 17.9. The Kier molecular flexibility index (Phi) is 9.01. The average Bonchev–Trinajstić information content (AvgIpc) is 2.91. The highest BCUT2D eigenvalue weighted by Crippen LogP contribution is 2.24. The van der Waals surface area contributed by atoms with Gasteiger partial charge in [-0.3, -0.25) is 9.59 Å². The fourth-order valence-corrected chi connectivity index (χ4v) is 4.54. The number of nitrogens with one attached hydrogen (secondary N) is 2. The summed E-state index contributed by atoms with van der Waals surface area (Å²) < 4.78 is 0. The van der Waals surface area contributed by atoms with E-state index in [-0.39, 0.29) is 11.8 Å². The van der Waals surface area contributed by atoms with Gasteiger partial charge >= 0.3 is 0 Å². The summed E-state index contributed by atoms with van der Waals surface area (Å²) in [6.07, 6.45) is 0. The lowest BCUT2D eigenvalue weighted by Crippen LogP contribution is -2.19. The highest BCUT2D eigenvalue weighted by Gasteiger charge is 2.09. The normalized spacial score (nSPS) is 11.2. The van der Waals surface area contributed by atoms with E-state index >= 15 is 0 Å². The maximum absolute atomic E-state index is 12.6. The van der Waals surface area contributed by atoms with Gasteiger partial charge in [0, 0.05) is 37.5 Å². The Labute approximate surface area is 229 Å². The number of carbonyl (C=O) groups is 2. The lowest BCUT2D eigenvalue weighted by Gasteiger charge is -2.08. The summed E-state index contributed by atoms with van der Waals surface area (Å²) in [5.74, 6) is 0.213. The molecule has 0 radical (unpaired) electrons. The van der Waals surface area contributed by atoms with E-state index in [0.29, 0.717) is 32.6 Å². The first-order valence-corrected chi connectivity index (χ1v) is 13.1. The van der Waals surface area contributed by atoms with Crippen molar-refractivity contribution in [3.63, 3.8) is 0 Å². The molecule has 0 spiro atoms. The van der Waals surface area contributed by atoms with Crippen molar-refractivity contribution in [1.29, 1.82) is 0 Å². The molecule has 37 heavy (non-hydrogen) atoms. The van der Waals surface area contributed by atoms with Crippen molar-refractivity contribution in [2.45, 2.75) is 17.6 Å². The van der Waals surface area contributed by atoms with E-state index in [2.05, 4.69) is 15.8 Å². The van der Waals surface area contributed by atoms with Crippen molar-refractivity contribution in [3.05, 3.63) is 129 Å². The van der Waals surface area contributed by atoms with Crippen molar-refractivity contribution in [1.82, 2.24) is 5.43 Å². The number of benzene rings is 4. The van der Waals surface area contributed by atoms with Gasteiger partial charge in [0.15, 0.2) is 0 Å². The molecular weight excluding hydrogens is 525 g/mol. The zero-order valence-corrected chi connectivity index (χ0v) is 22.2. The van der Waals surface area contributed by atoms with Crippen LogP contribution in [-0.2, 0) is 5.75 Å². The highest BCUT2D eigenvalue weighted by molar-refractivity contribution is 7.98. The predicted molar refractivity (Wildman–Crippen MR) is 153 cm³/mol. The van der Waals surface area contributed by atoms with E-state index in [1.807, 2.05) is 48.5 Å². The summed E-state index contributed by atoms with van der Waals surface area (Å²) in [4.78, 5) is 26.2. The van der Waals surface area contributed by atoms with E-state index < -0.39 is 0 Å². The van der Waals surface area contributed by atoms with Crippen molar-refractivity contribution in [3.8, 4) is 0 Å². The number of hydrazone groups is 1. The van der Waals surface area contributed by atoms with Gasteiger partial charge in [-0.25, -0.2) is 5.43 Å². The van der Waals surface area contributed by atoms with Gasteiger partial charge in [-0.1, -0.05) is 53.5 Å². The number of hydrogen-bond acceptors (Lipinski definition) is 4. The molecule has 4 aromatic carbocycles. The lowest BCUT2D eigenvalue weighted by atomic mass is 10.1. The molecule has 0 aromatic heterocycles. The SMILES string of the molecule is C/C(=N\NC(=O)c1ccc(CSc2ccc(Cl)cc2)cc1)c1cccc(NC(=O)c2cccc(Cl)c2)c1. The van der Waals surface area contributed by atoms with Crippen LogP contribution in [0.3, 0.4) is 0 Å². The third kappa shape index (κ3) is 7.70.